The topological polar surface area (TPSA) is 75.3 Å². The van der Waals surface area contributed by atoms with Gasteiger partial charge in [0.15, 0.2) is 0 Å². The summed E-state index contributed by atoms with van der Waals surface area (Å²) < 4.78 is 27.2. The van der Waals surface area contributed by atoms with Gasteiger partial charge in [-0.1, -0.05) is 23.2 Å². The molecule has 128 valence electrons. The van der Waals surface area contributed by atoms with Crippen molar-refractivity contribution in [2.45, 2.75) is 11.3 Å². The molecular weight excluding hydrogens is 395 g/mol. The van der Waals surface area contributed by atoms with E-state index in [4.69, 9.17) is 34.8 Å². The summed E-state index contributed by atoms with van der Waals surface area (Å²) >= 11 is 17.3. The number of nitrogens with one attached hydrogen (secondary N) is 2. The number of hydrogen-bond donors (Lipinski definition) is 2. The molecule has 2 aromatic carbocycles. The first-order chi connectivity index (χ1) is 11.3. The Morgan fingerprint density at radius 3 is 2.21 bits per heavy atom. The number of carbonyl (C=O) groups is 1. The smallest absolute Gasteiger partial charge is 0.263 e. The first-order valence-electron chi connectivity index (χ1n) is 6.75. The van der Waals surface area contributed by atoms with Crippen LogP contribution in [-0.4, -0.2) is 20.2 Å². The third kappa shape index (κ3) is 5.01. The fraction of sp³-hybridized carbons (Fsp3) is 0.133. The van der Waals surface area contributed by atoms with Crippen LogP contribution in [0.1, 0.15) is 6.42 Å². The highest BCUT2D eigenvalue weighted by atomic mass is 35.5. The first-order valence-corrected chi connectivity index (χ1v) is 9.53. The van der Waals surface area contributed by atoms with Crippen molar-refractivity contribution in [2.24, 2.45) is 0 Å². The summed E-state index contributed by atoms with van der Waals surface area (Å²) in [4.78, 5) is 11.4. The molecule has 5 nitrogen and oxygen atoms in total. The van der Waals surface area contributed by atoms with Gasteiger partial charge in [-0.05, 0) is 42.5 Å². The average molecular weight is 408 g/mol. The van der Waals surface area contributed by atoms with E-state index in [9.17, 15) is 13.2 Å². The molecule has 0 aliphatic heterocycles. The van der Waals surface area contributed by atoms with Crippen molar-refractivity contribution in [1.29, 1.82) is 0 Å². The van der Waals surface area contributed by atoms with E-state index in [1.807, 2.05) is 0 Å². The lowest BCUT2D eigenvalue weighted by atomic mass is 10.3. The van der Waals surface area contributed by atoms with Crippen LogP contribution in [0.5, 0.6) is 0 Å². The minimum atomic E-state index is -3.87. The minimum absolute atomic E-state index is 0.0138. The molecule has 2 aromatic rings. The van der Waals surface area contributed by atoms with Crippen LogP contribution in [0.15, 0.2) is 47.4 Å². The number of hydrogen-bond acceptors (Lipinski definition) is 3. The highest BCUT2D eigenvalue weighted by Crippen LogP contribution is 2.27. The Bertz CT molecular complexity index is 840. The van der Waals surface area contributed by atoms with E-state index in [1.165, 1.54) is 30.3 Å². The Labute approximate surface area is 155 Å². The molecule has 0 bridgehead atoms. The Balaban J connectivity index is 2.21. The molecule has 0 fully saturated rings. The predicted octanol–water partition coefficient (Wildman–Crippen LogP) is 4.36. The van der Waals surface area contributed by atoms with Gasteiger partial charge >= 0.3 is 0 Å². The average Bonchev–Trinajstić information content (AvgIpc) is 2.49. The van der Waals surface area contributed by atoms with Crippen molar-refractivity contribution in [3.63, 3.8) is 0 Å². The molecule has 0 radical (unpaired) electrons. The third-order valence-electron chi connectivity index (χ3n) is 2.92. The number of benzene rings is 2. The Morgan fingerprint density at radius 2 is 1.62 bits per heavy atom. The van der Waals surface area contributed by atoms with Crippen molar-refractivity contribution in [1.82, 2.24) is 0 Å². The zero-order valence-electron chi connectivity index (χ0n) is 12.2. The number of rotatable bonds is 6. The van der Waals surface area contributed by atoms with Crippen LogP contribution >= 0.6 is 34.8 Å². The second-order valence-corrected chi connectivity index (χ2v) is 7.62. The first kappa shape index (κ1) is 18.9. The summed E-state index contributed by atoms with van der Waals surface area (Å²) in [6.45, 7) is 0. The number of amides is 1. The molecule has 0 saturated heterocycles. The highest BCUT2D eigenvalue weighted by molar-refractivity contribution is 7.92. The molecule has 0 heterocycles. The molecule has 24 heavy (non-hydrogen) atoms. The van der Waals surface area contributed by atoms with Gasteiger partial charge in [-0.2, -0.15) is 0 Å². The van der Waals surface area contributed by atoms with Gasteiger partial charge in [0.2, 0.25) is 5.91 Å². The number of anilines is 2. The van der Waals surface area contributed by atoms with E-state index in [1.54, 1.807) is 12.1 Å². The van der Waals surface area contributed by atoms with Gasteiger partial charge < -0.3 is 5.32 Å². The fourth-order valence-corrected chi connectivity index (χ4v) is 3.74. The second-order valence-electron chi connectivity index (χ2n) is 4.74. The van der Waals surface area contributed by atoms with E-state index in [0.29, 0.717) is 16.4 Å². The van der Waals surface area contributed by atoms with Crippen molar-refractivity contribution in [2.75, 3.05) is 15.9 Å². The van der Waals surface area contributed by atoms with Gasteiger partial charge in [-0.25, -0.2) is 8.42 Å². The molecule has 2 rings (SSSR count). The van der Waals surface area contributed by atoms with Crippen LogP contribution in [0.3, 0.4) is 0 Å². The van der Waals surface area contributed by atoms with Gasteiger partial charge in [-0.3, -0.25) is 9.52 Å². The maximum atomic E-state index is 12.4. The summed E-state index contributed by atoms with van der Waals surface area (Å²) in [7, 11) is -3.87. The van der Waals surface area contributed by atoms with Crippen molar-refractivity contribution < 1.29 is 13.2 Å². The van der Waals surface area contributed by atoms with Gasteiger partial charge in [0, 0.05) is 28.7 Å². The number of halogens is 3. The Kier molecular flexibility index (Phi) is 6.34. The normalized spacial score (nSPS) is 11.1. The third-order valence-corrected chi connectivity index (χ3v) is 5.23. The lowest BCUT2D eigenvalue weighted by Gasteiger charge is -2.11. The molecule has 0 atom stereocenters. The number of carbonyl (C=O) groups excluding carboxylic acids is 1. The molecule has 1 amide bonds. The predicted molar refractivity (Wildman–Crippen MR) is 97.7 cm³/mol. The lowest BCUT2D eigenvalue weighted by molar-refractivity contribution is -0.115. The summed E-state index contributed by atoms with van der Waals surface area (Å²) in [6, 6.07) is 10.3. The maximum Gasteiger partial charge on any atom is 0.263 e. The van der Waals surface area contributed by atoms with Crippen molar-refractivity contribution in [3.8, 4) is 0 Å². The lowest BCUT2D eigenvalue weighted by Crippen LogP contribution is -2.14. The molecule has 0 aromatic heterocycles. The van der Waals surface area contributed by atoms with Crippen LogP contribution in [-0.2, 0) is 14.8 Å². The van der Waals surface area contributed by atoms with E-state index in [2.05, 4.69) is 10.0 Å². The van der Waals surface area contributed by atoms with Crippen LogP contribution in [0.2, 0.25) is 10.0 Å². The van der Waals surface area contributed by atoms with Crippen LogP contribution in [0, 0.1) is 0 Å². The summed E-state index contributed by atoms with van der Waals surface area (Å²) in [5.74, 6) is -0.0900. The van der Waals surface area contributed by atoms with E-state index in [0.717, 1.165) is 0 Å². The van der Waals surface area contributed by atoms with E-state index >= 15 is 0 Å². The van der Waals surface area contributed by atoms with Crippen LogP contribution in [0.25, 0.3) is 0 Å². The van der Waals surface area contributed by atoms with Gasteiger partial charge in [0.05, 0.1) is 5.02 Å². The summed E-state index contributed by atoms with van der Waals surface area (Å²) in [5, 5.41) is 3.06. The molecule has 0 saturated carbocycles. The maximum absolute atomic E-state index is 12.4. The summed E-state index contributed by atoms with van der Waals surface area (Å²) in [6.07, 6.45) is 0.150. The molecule has 0 unspecified atom stereocenters. The Morgan fingerprint density at radius 1 is 1.00 bits per heavy atom. The molecule has 0 spiro atoms. The van der Waals surface area contributed by atoms with E-state index in [-0.39, 0.29) is 28.1 Å². The molecule has 0 aliphatic rings. The molecule has 0 aliphatic carbocycles. The van der Waals surface area contributed by atoms with Crippen molar-refractivity contribution in [3.05, 3.63) is 52.5 Å². The SMILES string of the molecule is O=C(CCCl)Nc1ccc(S(=O)(=O)Nc2ccc(Cl)cc2)c(Cl)c1. The Hall–Kier alpha value is -1.47. The standard InChI is InChI=1S/C15H13Cl3N2O3S/c16-8-7-15(21)19-12-5-6-14(13(18)9-12)24(22,23)20-11-3-1-10(17)2-4-11/h1-6,9,20H,7-8H2,(H,19,21). The zero-order valence-corrected chi connectivity index (χ0v) is 15.3. The second kappa shape index (κ2) is 8.07. The zero-order chi connectivity index (χ0) is 17.7. The van der Waals surface area contributed by atoms with Crippen LogP contribution in [0.4, 0.5) is 11.4 Å². The monoisotopic (exact) mass is 406 g/mol. The highest BCUT2D eigenvalue weighted by Gasteiger charge is 2.18. The van der Waals surface area contributed by atoms with Gasteiger partial charge in [0.1, 0.15) is 4.90 Å². The summed E-state index contributed by atoms with van der Waals surface area (Å²) in [5.41, 5.74) is 0.746. The molecule has 9 heteroatoms. The minimum Gasteiger partial charge on any atom is -0.326 e. The van der Waals surface area contributed by atoms with Crippen LogP contribution < -0.4 is 10.0 Å². The number of sulfonamides is 1. The molecular formula is C15H13Cl3N2O3S. The van der Waals surface area contributed by atoms with Gasteiger partial charge in [0.25, 0.3) is 10.0 Å². The van der Waals surface area contributed by atoms with Crippen molar-refractivity contribution >= 4 is 62.1 Å². The molecule has 2 N–H and O–H groups in total. The fourth-order valence-electron chi connectivity index (χ4n) is 1.83. The number of alkyl halides is 1. The van der Waals surface area contributed by atoms with E-state index < -0.39 is 10.0 Å². The quantitative estimate of drug-likeness (QED) is 0.699. The largest absolute Gasteiger partial charge is 0.326 e. The van der Waals surface area contributed by atoms with Gasteiger partial charge in [-0.15, -0.1) is 11.6 Å².